The summed E-state index contributed by atoms with van der Waals surface area (Å²) in [4.78, 5) is 26.4. The van der Waals surface area contributed by atoms with E-state index < -0.39 is 0 Å². The summed E-state index contributed by atoms with van der Waals surface area (Å²) >= 11 is 1.54. The molecular weight excluding hydrogens is 336 g/mol. The van der Waals surface area contributed by atoms with Gasteiger partial charge in [-0.15, -0.1) is 0 Å². The van der Waals surface area contributed by atoms with E-state index in [0.717, 1.165) is 38.8 Å². The van der Waals surface area contributed by atoms with Crippen molar-refractivity contribution in [2.75, 3.05) is 31.6 Å². The van der Waals surface area contributed by atoms with Crippen LogP contribution in [-0.2, 0) is 14.3 Å². The molecule has 3 aliphatic heterocycles. The Labute approximate surface area is 154 Å². The number of unbranched alkanes of at least 4 members (excludes halogenated alkanes) is 1. The molecule has 0 aromatic heterocycles. The third-order valence-corrected chi connectivity index (χ3v) is 6.49. The van der Waals surface area contributed by atoms with E-state index in [1.54, 1.807) is 0 Å². The van der Waals surface area contributed by atoms with Gasteiger partial charge in [0.2, 0.25) is 11.8 Å². The van der Waals surface area contributed by atoms with Crippen molar-refractivity contribution in [2.24, 2.45) is 11.8 Å². The first-order chi connectivity index (χ1) is 12.1. The number of hydrogen-bond donors (Lipinski definition) is 1. The molecule has 5 nitrogen and oxygen atoms in total. The Kier molecular flexibility index (Phi) is 6.10. The number of amides is 2. The number of nitrogens with one attached hydrogen (secondary N) is 1. The van der Waals surface area contributed by atoms with Crippen LogP contribution in [0.25, 0.3) is 0 Å². The molecule has 3 heterocycles. The lowest BCUT2D eigenvalue weighted by molar-refractivity contribution is -0.132. The largest absolute Gasteiger partial charge is 0.369 e. The minimum absolute atomic E-state index is 0.0965. The van der Waals surface area contributed by atoms with Crippen LogP contribution in [0, 0.1) is 11.8 Å². The molecule has 2 bridgehead atoms. The molecule has 3 aliphatic rings. The van der Waals surface area contributed by atoms with E-state index in [-0.39, 0.29) is 23.5 Å². The second-order valence-corrected chi connectivity index (χ2v) is 8.37. The third kappa shape index (κ3) is 3.90. The smallest absolute Gasteiger partial charge is 0.229 e. The first kappa shape index (κ1) is 18.8. The van der Waals surface area contributed by atoms with Gasteiger partial charge in [-0.1, -0.05) is 12.2 Å². The van der Waals surface area contributed by atoms with Gasteiger partial charge in [-0.25, -0.2) is 0 Å². The van der Waals surface area contributed by atoms with Crippen molar-refractivity contribution in [3.8, 4) is 0 Å². The molecule has 0 aromatic carbocycles. The van der Waals surface area contributed by atoms with E-state index in [1.165, 1.54) is 11.8 Å². The van der Waals surface area contributed by atoms with E-state index in [9.17, 15) is 9.59 Å². The first-order valence-corrected chi connectivity index (χ1v) is 10.8. The number of rotatable bonds is 8. The highest BCUT2D eigenvalue weighted by molar-refractivity contribution is 7.99. The highest BCUT2D eigenvalue weighted by Crippen LogP contribution is 2.54. The molecule has 0 unspecified atom stereocenters. The number of carbonyl (C=O) groups is 2. The fraction of sp³-hybridized carbons (Fsp3) is 0.789. The number of likely N-dealkylation sites (tertiary alicyclic amines) is 1. The van der Waals surface area contributed by atoms with Gasteiger partial charge in [0.25, 0.3) is 0 Å². The standard InChI is InChI=1S/C19H30N2O3S/c1-3-4-5-6-7-18(23)21-11-15-14(10-20-17(22)12-25-2)16-8-9-19(15,13-21)24-16/h3-4,14-16H,5-13H2,1-2H3,(H,20,22)/t14-,15+,16+,19+/m0/s1. The number of hydrogen-bond acceptors (Lipinski definition) is 4. The molecular formula is C19H30N2O3S. The minimum atomic E-state index is -0.140. The van der Waals surface area contributed by atoms with Gasteiger partial charge < -0.3 is 15.0 Å². The van der Waals surface area contributed by atoms with Crippen molar-refractivity contribution in [3.05, 3.63) is 12.2 Å². The third-order valence-electron chi connectivity index (χ3n) is 5.94. The molecule has 0 saturated carbocycles. The monoisotopic (exact) mass is 366 g/mol. The molecule has 25 heavy (non-hydrogen) atoms. The molecule has 0 aliphatic carbocycles. The number of allylic oxidation sites excluding steroid dienone is 2. The molecule has 140 valence electrons. The van der Waals surface area contributed by atoms with E-state index in [4.69, 9.17) is 4.74 Å². The van der Waals surface area contributed by atoms with Crippen LogP contribution in [0.15, 0.2) is 12.2 Å². The van der Waals surface area contributed by atoms with Crippen LogP contribution in [-0.4, -0.2) is 60.1 Å². The second kappa shape index (κ2) is 8.12. The van der Waals surface area contributed by atoms with Crippen molar-refractivity contribution in [1.82, 2.24) is 10.2 Å². The summed E-state index contributed by atoms with van der Waals surface area (Å²) in [6, 6.07) is 0. The van der Waals surface area contributed by atoms with E-state index in [1.807, 2.05) is 24.2 Å². The molecule has 0 radical (unpaired) electrons. The number of ether oxygens (including phenoxy) is 1. The highest BCUT2D eigenvalue weighted by atomic mass is 32.2. The van der Waals surface area contributed by atoms with Crippen LogP contribution in [0.5, 0.6) is 0 Å². The molecule has 3 rings (SSSR count). The molecule has 2 amide bonds. The van der Waals surface area contributed by atoms with Gasteiger partial charge >= 0.3 is 0 Å². The lowest BCUT2D eigenvalue weighted by Gasteiger charge is -2.29. The highest BCUT2D eigenvalue weighted by Gasteiger charge is 2.63. The fourth-order valence-corrected chi connectivity index (χ4v) is 5.13. The number of thioether (sulfide) groups is 1. The predicted octanol–water partition coefficient (Wildman–Crippen LogP) is 2.22. The summed E-state index contributed by atoms with van der Waals surface area (Å²) in [5.41, 5.74) is -0.140. The average molecular weight is 367 g/mol. The SMILES string of the molecule is CC=CCCCC(=O)N1C[C@@H]2[C@H](CNC(=O)CSC)[C@H]3CC[C@]2(C1)O3. The number of carbonyl (C=O) groups excluding carboxylic acids is 2. The van der Waals surface area contributed by atoms with Gasteiger partial charge in [0.15, 0.2) is 0 Å². The average Bonchev–Trinajstić information content (AvgIpc) is 3.25. The Morgan fingerprint density at radius 1 is 1.44 bits per heavy atom. The summed E-state index contributed by atoms with van der Waals surface area (Å²) in [6.07, 6.45) is 10.9. The maximum Gasteiger partial charge on any atom is 0.229 e. The van der Waals surface area contributed by atoms with Crippen LogP contribution >= 0.6 is 11.8 Å². The van der Waals surface area contributed by atoms with Crippen molar-refractivity contribution in [2.45, 2.75) is 50.7 Å². The van der Waals surface area contributed by atoms with Crippen LogP contribution in [0.2, 0.25) is 0 Å². The molecule has 1 spiro atoms. The lowest BCUT2D eigenvalue weighted by atomic mass is 9.73. The van der Waals surface area contributed by atoms with Crippen molar-refractivity contribution in [1.29, 1.82) is 0 Å². The lowest BCUT2D eigenvalue weighted by Crippen LogP contribution is -2.42. The zero-order valence-corrected chi connectivity index (χ0v) is 16.1. The van der Waals surface area contributed by atoms with Gasteiger partial charge in [-0.2, -0.15) is 11.8 Å². The Morgan fingerprint density at radius 3 is 3.04 bits per heavy atom. The Hall–Kier alpha value is -1.01. The summed E-state index contributed by atoms with van der Waals surface area (Å²) < 4.78 is 6.35. The number of nitrogens with zero attached hydrogens (tertiary/aromatic N) is 1. The zero-order valence-electron chi connectivity index (χ0n) is 15.3. The summed E-state index contributed by atoms with van der Waals surface area (Å²) in [7, 11) is 0. The van der Waals surface area contributed by atoms with Crippen molar-refractivity contribution in [3.63, 3.8) is 0 Å². The summed E-state index contributed by atoms with van der Waals surface area (Å²) in [5.74, 6) is 1.58. The second-order valence-electron chi connectivity index (χ2n) is 7.50. The maximum atomic E-state index is 12.5. The van der Waals surface area contributed by atoms with Crippen molar-refractivity contribution >= 4 is 23.6 Å². The molecule has 3 fully saturated rings. The van der Waals surface area contributed by atoms with Gasteiger partial charge in [0.1, 0.15) is 0 Å². The molecule has 1 N–H and O–H groups in total. The van der Waals surface area contributed by atoms with Gasteiger partial charge in [-0.05, 0) is 38.9 Å². The topological polar surface area (TPSA) is 58.6 Å². The Balaban J connectivity index is 1.55. The normalized spacial score (nSPS) is 33.2. The van der Waals surface area contributed by atoms with Crippen LogP contribution < -0.4 is 5.32 Å². The predicted molar refractivity (Wildman–Crippen MR) is 100 cm³/mol. The van der Waals surface area contributed by atoms with E-state index >= 15 is 0 Å². The van der Waals surface area contributed by atoms with Gasteiger partial charge in [0, 0.05) is 31.3 Å². The van der Waals surface area contributed by atoms with Crippen LogP contribution in [0.1, 0.15) is 39.0 Å². The van der Waals surface area contributed by atoms with Gasteiger partial charge in [0.05, 0.1) is 24.0 Å². The molecule has 3 saturated heterocycles. The molecule has 4 atom stereocenters. The Bertz CT molecular complexity index is 539. The molecule has 6 heteroatoms. The van der Waals surface area contributed by atoms with Crippen molar-refractivity contribution < 1.29 is 14.3 Å². The summed E-state index contributed by atoms with van der Waals surface area (Å²) in [6.45, 7) is 4.22. The maximum absolute atomic E-state index is 12.5. The summed E-state index contributed by atoms with van der Waals surface area (Å²) in [5, 5.41) is 3.06. The fourth-order valence-electron chi connectivity index (χ4n) is 4.76. The first-order valence-electron chi connectivity index (χ1n) is 9.42. The van der Waals surface area contributed by atoms with Crippen LogP contribution in [0.4, 0.5) is 0 Å². The number of fused-ring (bicyclic) bond motifs is 1. The quantitative estimate of drug-likeness (QED) is 0.529. The zero-order chi connectivity index (χ0) is 17.9. The van der Waals surface area contributed by atoms with Gasteiger partial charge in [-0.3, -0.25) is 9.59 Å². The minimum Gasteiger partial charge on any atom is -0.369 e. The van der Waals surface area contributed by atoms with Crippen LogP contribution in [0.3, 0.4) is 0 Å². The van der Waals surface area contributed by atoms with E-state index in [2.05, 4.69) is 11.4 Å². The molecule has 0 aromatic rings. The van der Waals surface area contributed by atoms with E-state index in [0.29, 0.717) is 30.6 Å². The Morgan fingerprint density at radius 2 is 2.28 bits per heavy atom.